The maximum Gasteiger partial charge on any atom is 0.185 e. The lowest BCUT2D eigenvalue weighted by atomic mass is 10.1. The van der Waals surface area contributed by atoms with Crippen LogP contribution in [0.5, 0.6) is 11.5 Å². The SMILES string of the molecule is Cc1c(CCc2cccc(N)c2ON=N)nc2c(O)cccn12. The van der Waals surface area contributed by atoms with Crippen LogP contribution in [0.3, 0.4) is 0 Å². The van der Waals surface area contributed by atoms with Crippen LogP contribution in [0.15, 0.2) is 41.8 Å². The summed E-state index contributed by atoms with van der Waals surface area (Å²) in [6.07, 6.45) is 3.17. The molecule has 7 nitrogen and oxygen atoms in total. The number of aromatic hydroxyl groups is 1. The molecule has 0 spiro atoms. The topological polar surface area (TPSA) is 109 Å². The van der Waals surface area contributed by atoms with Crippen molar-refractivity contribution in [2.75, 3.05) is 5.73 Å². The number of hydrogen-bond donors (Lipinski definition) is 3. The Morgan fingerprint density at radius 3 is 2.87 bits per heavy atom. The molecular weight excluding hydrogens is 294 g/mol. The highest BCUT2D eigenvalue weighted by molar-refractivity contribution is 5.57. The summed E-state index contributed by atoms with van der Waals surface area (Å²) in [5.41, 5.74) is 16.5. The van der Waals surface area contributed by atoms with Gasteiger partial charge in [-0.25, -0.2) is 4.98 Å². The van der Waals surface area contributed by atoms with E-state index in [2.05, 4.69) is 10.3 Å². The molecule has 23 heavy (non-hydrogen) atoms. The van der Waals surface area contributed by atoms with Gasteiger partial charge in [-0.3, -0.25) is 0 Å². The zero-order valence-corrected chi connectivity index (χ0v) is 12.7. The number of aryl methyl sites for hydroxylation is 3. The van der Waals surface area contributed by atoms with E-state index in [1.54, 1.807) is 18.2 Å². The molecule has 0 saturated heterocycles. The van der Waals surface area contributed by atoms with E-state index in [1.165, 1.54) is 0 Å². The lowest BCUT2D eigenvalue weighted by molar-refractivity contribution is 0.297. The predicted molar refractivity (Wildman–Crippen MR) is 85.6 cm³/mol. The minimum atomic E-state index is 0.155. The summed E-state index contributed by atoms with van der Waals surface area (Å²) >= 11 is 0. The van der Waals surface area contributed by atoms with Gasteiger partial charge in [-0.1, -0.05) is 12.1 Å². The number of pyridine rings is 1. The molecule has 3 rings (SSSR count). The van der Waals surface area contributed by atoms with E-state index >= 15 is 0 Å². The van der Waals surface area contributed by atoms with Crippen LogP contribution in [0, 0.1) is 12.5 Å². The molecule has 3 aromatic rings. The van der Waals surface area contributed by atoms with E-state index in [0.717, 1.165) is 17.0 Å². The average molecular weight is 311 g/mol. The van der Waals surface area contributed by atoms with Crippen LogP contribution >= 0.6 is 0 Å². The number of fused-ring (bicyclic) bond motifs is 1. The lowest BCUT2D eigenvalue weighted by Gasteiger charge is -2.08. The van der Waals surface area contributed by atoms with Gasteiger partial charge in [-0.15, -0.1) is 0 Å². The molecule has 0 radical (unpaired) electrons. The van der Waals surface area contributed by atoms with Crippen molar-refractivity contribution in [1.82, 2.24) is 9.38 Å². The Morgan fingerprint density at radius 2 is 2.13 bits per heavy atom. The summed E-state index contributed by atoms with van der Waals surface area (Å²) in [6.45, 7) is 1.96. The molecule has 0 aliphatic rings. The van der Waals surface area contributed by atoms with Crippen LogP contribution in [0.1, 0.15) is 17.0 Å². The van der Waals surface area contributed by atoms with Gasteiger partial charge < -0.3 is 20.1 Å². The Kier molecular flexibility index (Phi) is 3.84. The second-order valence-corrected chi connectivity index (χ2v) is 5.25. The molecule has 4 N–H and O–H groups in total. The minimum absolute atomic E-state index is 0.155. The number of anilines is 1. The third kappa shape index (κ3) is 2.68. The number of nitrogens with two attached hydrogens (primary N) is 1. The molecule has 0 unspecified atom stereocenters. The summed E-state index contributed by atoms with van der Waals surface area (Å²) in [4.78, 5) is 9.47. The Bertz CT molecular complexity index is 872. The first-order chi connectivity index (χ1) is 11.1. The van der Waals surface area contributed by atoms with Crippen LogP contribution in [0.2, 0.25) is 0 Å². The monoisotopic (exact) mass is 311 g/mol. The molecule has 118 valence electrons. The Balaban J connectivity index is 1.90. The van der Waals surface area contributed by atoms with Crippen molar-refractivity contribution >= 4 is 11.3 Å². The van der Waals surface area contributed by atoms with E-state index in [-0.39, 0.29) is 5.75 Å². The van der Waals surface area contributed by atoms with Gasteiger partial charge in [0, 0.05) is 22.7 Å². The van der Waals surface area contributed by atoms with Gasteiger partial charge in [0.25, 0.3) is 0 Å². The van der Waals surface area contributed by atoms with E-state index in [9.17, 15) is 5.11 Å². The van der Waals surface area contributed by atoms with Gasteiger partial charge in [-0.05, 0) is 38.0 Å². The number of imidazole rings is 1. The highest BCUT2D eigenvalue weighted by Gasteiger charge is 2.13. The van der Waals surface area contributed by atoms with E-state index in [1.807, 2.05) is 29.7 Å². The van der Waals surface area contributed by atoms with Crippen molar-refractivity contribution in [1.29, 1.82) is 5.53 Å². The zero-order chi connectivity index (χ0) is 16.4. The van der Waals surface area contributed by atoms with Crippen molar-refractivity contribution in [2.24, 2.45) is 5.28 Å². The van der Waals surface area contributed by atoms with Crippen molar-refractivity contribution in [2.45, 2.75) is 19.8 Å². The summed E-state index contributed by atoms with van der Waals surface area (Å²) in [6, 6.07) is 8.83. The Morgan fingerprint density at radius 1 is 1.30 bits per heavy atom. The standard InChI is InChI=1S/C16H17N5O2/c1-10-13(19-16-14(22)6-3-9-21(10)16)8-7-11-4-2-5-12(17)15(11)23-20-18/h2-6,9,18,22H,7-8,17H2,1H3. The minimum Gasteiger partial charge on any atom is -0.504 e. The number of hydrogen-bond acceptors (Lipinski definition) is 6. The molecule has 0 saturated carbocycles. The highest BCUT2D eigenvalue weighted by Crippen LogP contribution is 2.28. The Labute approximate surface area is 132 Å². The second-order valence-electron chi connectivity index (χ2n) is 5.25. The van der Waals surface area contributed by atoms with Gasteiger partial charge in [0.05, 0.1) is 11.4 Å². The second kappa shape index (κ2) is 5.96. The molecule has 0 fully saturated rings. The van der Waals surface area contributed by atoms with Crippen LogP contribution in [-0.4, -0.2) is 14.5 Å². The first-order valence-corrected chi connectivity index (χ1v) is 7.18. The largest absolute Gasteiger partial charge is 0.504 e. The van der Waals surface area contributed by atoms with Crippen LogP contribution in [-0.2, 0) is 12.8 Å². The number of rotatable bonds is 5. The molecule has 0 amide bonds. The van der Waals surface area contributed by atoms with E-state index in [4.69, 9.17) is 16.1 Å². The third-order valence-corrected chi connectivity index (χ3v) is 3.86. The summed E-state index contributed by atoms with van der Waals surface area (Å²) in [7, 11) is 0. The lowest BCUT2D eigenvalue weighted by Crippen LogP contribution is -2.00. The maximum absolute atomic E-state index is 9.89. The fraction of sp³-hybridized carbons (Fsp3) is 0.188. The third-order valence-electron chi connectivity index (χ3n) is 3.86. The molecular formula is C16H17N5O2. The van der Waals surface area contributed by atoms with Gasteiger partial charge in [0.2, 0.25) is 0 Å². The maximum atomic E-state index is 9.89. The van der Waals surface area contributed by atoms with Crippen LogP contribution in [0.25, 0.3) is 5.65 Å². The van der Waals surface area contributed by atoms with E-state index in [0.29, 0.717) is 29.9 Å². The van der Waals surface area contributed by atoms with Crippen molar-refractivity contribution in [3.05, 3.63) is 53.5 Å². The quantitative estimate of drug-likeness (QED) is 0.382. The van der Waals surface area contributed by atoms with Gasteiger partial charge >= 0.3 is 0 Å². The number of nitrogen functional groups attached to an aromatic ring is 1. The molecule has 0 bridgehead atoms. The molecule has 7 heteroatoms. The number of benzene rings is 1. The molecule has 2 aromatic heterocycles. The smallest absolute Gasteiger partial charge is 0.185 e. The average Bonchev–Trinajstić information content (AvgIpc) is 2.86. The zero-order valence-electron chi connectivity index (χ0n) is 12.7. The fourth-order valence-corrected chi connectivity index (χ4v) is 2.67. The van der Waals surface area contributed by atoms with E-state index < -0.39 is 0 Å². The van der Waals surface area contributed by atoms with Crippen LogP contribution in [0.4, 0.5) is 5.69 Å². The fourth-order valence-electron chi connectivity index (χ4n) is 2.67. The number of aromatic nitrogens is 2. The highest BCUT2D eigenvalue weighted by atomic mass is 16.6. The molecule has 0 aliphatic heterocycles. The molecule has 1 aromatic carbocycles. The molecule has 0 aliphatic carbocycles. The van der Waals surface area contributed by atoms with Gasteiger partial charge in [0.1, 0.15) is 0 Å². The summed E-state index contributed by atoms with van der Waals surface area (Å²) in [5.74, 6) is 0.564. The number of nitrogens with one attached hydrogen (secondary N) is 1. The number of nitrogens with zero attached hydrogens (tertiary/aromatic N) is 3. The predicted octanol–water partition coefficient (Wildman–Crippen LogP) is 3.04. The van der Waals surface area contributed by atoms with Crippen molar-refractivity contribution in [3.63, 3.8) is 0 Å². The van der Waals surface area contributed by atoms with Gasteiger partial charge in [-0.2, -0.15) is 5.53 Å². The van der Waals surface area contributed by atoms with Crippen molar-refractivity contribution in [3.8, 4) is 11.5 Å². The Hall–Kier alpha value is -3.09. The first kappa shape index (κ1) is 14.8. The summed E-state index contributed by atoms with van der Waals surface area (Å²) in [5, 5.41) is 12.9. The van der Waals surface area contributed by atoms with Gasteiger partial charge in [0.15, 0.2) is 17.1 Å². The normalized spacial score (nSPS) is 10.8. The van der Waals surface area contributed by atoms with Crippen LogP contribution < -0.4 is 10.6 Å². The first-order valence-electron chi connectivity index (χ1n) is 7.18. The van der Waals surface area contributed by atoms with Crippen molar-refractivity contribution < 1.29 is 9.94 Å². The summed E-state index contributed by atoms with van der Waals surface area (Å²) < 4.78 is 1.86. The number of para-hydroxylation sites is 1. The molecule has 0 atom stereocenters. The molecule has 2 heterocycles.